The first-order valence-electron chi connectivity index (χ1n) is 8.42. The van der Waals surface area contributed by atoms with Crippen LogP contribution in [0, 0.1) is 5.82 Å². The van der Waals surface area contributed by atoms with Gasteiger partial charge < -0.3 is 14.4 Å². The average Bonchev–Trinajstić information content (AvgIpc) is 2.63. The first-order chi connectivity index (χ1) is 12.2. The van der Waals surface area contributed by atoms with Gasteiger partial charge in [0.1, 0.15) is 11.6 Å². The molecule has 0 aliphatic carbocycles. The molecular weight excluding hydrogens is 323 g/mol. The summed E-state index contributed by atoms with van der Waals surface area (Å²) in [6, 6.07) is 7.77. The summed E-state index contributed by atoms with van der Waals surface area (Å²) < 4.78 is 25.1. The Hall–Kier alpha value is -2.47. The molecule has 1 aliphatic heterocycles. The molecule has 2 heterocycles. The van der Waals surface area contributed by atoms with Gasteiger partial charge in [0.15, 0.2) is 0 Å². The summed E-state index contributed by atoms with van der Waals surface area (Å²) >= 11 is 0. The predicted octanol–water partition coefficient (Wildman–Crippen LogP) is 3.05. The second kappa shape index (κ2) is 8.58. The lowest BCUT2D eigenvalue weighted by Gasteiger charge is -2.25. The van der Waals surface area contributed by atoms with E-state index in [1.807, 2.05) is 0 Å². The van der Waals surface area contributed by atoms with Crippen molar-refractivity contribution < 1.29 is 18.7 Å². The third kappa shape index (κ3) is 4.76. The van der Waals surface area contributed by atoms with Crippen LogP contribution in [0.1, 0.15) is 28.8 Å². The van der Waals surface area contributed by atoms with Crippen molar-refractivity contribution in [1.82, 2.24) is 9.88 Å². The quantitative estimate of drug-likeness (QED) is 0.798. The molecule has 1 aliphatic rings. The van der Waals surface area contributed by atoms with Crippen LogP contribution >= 0.6 is 0 Å². The number of ether oxygens (including phenoxy) is 2. The van der Waals surface area contributed by atoms with Gasteiger partial charge in [0.2, 0.25) is 0 Å². The van der Waals surface area contributed by atoms with Crippen molar-refractivity contribution in [2.24, 2.45) is 0 Å². The molecular formula is C19H21FN2O3. The van der Waals surface area contributed by atoms with Gasteiger partial charge in [-0.05, 0) is 43.2 Å². The molecule has 0 unspecified atom stereocenters. The lowest BCUT2D eigenvalue weighted by molar-refractivity contribution is 0.0607. The number of carbonyl (C=O) groups is 1. The zero-order valence-corrected chi connectivity index (χ0v) is 14.0. The fourth-order valence-corrected chi connectivity index (χ4v) is 2.71. The molecule has 0 saturated heterocycles. The van der Waals surface area contributed by atoms with Crippen molar-refractivity contribution in [2.75, 3.05) is 26.4 Å². The standard InChI is InChI=1S/C19H21FN2O3/c20-17-3-4-18-16(13-17)14-22(9-12-24-10-1-2-11-25-18)19(23)15-5-7-21-8-6-15/h3-8,13H,1-2,9-12,14H2. The molecule has 0 fully saturated rings. The van der Waals surface area contributed by atoms with Gasteiger partial charge in [-0.2, -0.15) is 0 Å². The van der Waals surface area contributed by atoms with Crippen LogP contribution in [0.25, 0.3) is 0 Å². The number of halogens is 1. The minimum Gasteiger partial charge on any atom is -0.493 e. The van der Waals surface area contributed by atoms with Crippen LogP contribution in [-0.2, 0) is 11.3 Å². The minimum absolute atomic E-state index is 0.140. The second-order valence-electron chi connectivity index (χ2n) is 5.88. The van der Waals surface area contributed by atoms with Gasteiger partial charge in [-0.25, -0.2) is 4.39 Å². The summed E-state index contributed by atoms with van der Waals surface area (Å²) in [5, 5.41) is 0. The van der Waals surface area contributed by atoms with Gasteiger partial charge in [0.05, 0.1) is 13.2 Å². The Morgan fingerprint density at radius 3 is 2.72 bits per heavy atom. The molecule has 0 atom stereocenters. The lowest BCUT2D eigenvalue weighted by Crippen LogP contribution is -2.34. The molecule has 1 aromatic heterocycles. The van der Waals surface area contributed by atoms with E-state index in [0.29, 0.717) is 43.2 Å². The van der Waals surface area contributed by atoms with Crippen LogP contribution in [0.3, 0.4) is 0 Å². The number of aromatic nitrogens is 1. The Balaban J connectivity index is 1.87. The van der Waals surface area contributed by atoms with E-state index in [0.717, 1.165) is 12.8 Å². The minimum atomic E-state index is -0.345. The highest BCUT2D eigenvalue weighted by Crippen LogP contribution is 2.23. The van der Waals surface area contributed by atoms with Gasteiger partial charge in [-0.15, -0.1) is 0 Å². The second-order valence-corrected chi connectivity index (χ2v) is 5.88. The molecule has 0 radical (unpaired) electrons. The highest BCUT2D eigenvalue weighted by atomic mass is 19.1. The monoisotopic (exact) mass is 344 g/mol. The largest absolute Gasteiger partial charge is 0.493 e. The van der Waals surface area contributed by atoms with Crippen LogP contribution < -0.4 is 4.74 Å². The summed E-state index contributed by atoms with van der Waals surface area (Å²) in [4.78, 5) is 18.4. The zero-order chi connectivity index (χ0) is 17.5. The Kier molecular flexibility index (Phi) is 5.95. The maximum Gasteiger partial charge on any atom is 0.254 e. The van der Waals surface area contributed by atoms with E-state index in [2.05, 4.69) is 4.98 Å². The fraction of sp³-hybridized carbons (Fsp3) is 0.368. The van der Waals surface area contributed by atoms with Crippen LogP contribution in [0.4, 0.5) is 4.39 Å². The molecule has 1 aromatic carbocycles. The van der Waals surface area contributed by atoms with Gasteiger partial charge in [-0.1, -0.05) is 0 Å². The summed E-state index contributed by atoms with van der Waals surface area (Å²) in [6.07, 6.45) is 4.92. The number of nitrogens with zero attached hydrogens (tertiary/aromatic N) is 2. The van der Waals surface area contributed by atoms with Crippen molar-refractivity contribution in [3.05, 3.63) is 59.7 Å². The molecule has 6 heteroatoms. The number of rotatable bonds is 1. The van der Waals surface area contributed by atoms with E-state index in [9.17, 15) is 9.18 Å². The third-order valence-electron chi connectivity index (χ3n) is 4.04. The zero-order valence-electron chi connectivity index (χ0n) is 14.0. The molecule has 132 valence electrons. The molecule has 0 saturated carbocycles. The van der Waals surface area contributed by atoms with E-state index in [1.54, 1.807) is 35.5 Å². The summed E-state index contributed by atoms with van der Waals surface area (Å²) in [5.41, 5.74) is 1.20. The van der Waals surface area contributed by atoms with Crippen LogP contribution in [0.2, 0.25) is 0 Å². The molecule has 25 heavy (non-hydrogen) atoms. The first-order valence-corrected chi connectivity index (χ1v) is 8.42. The summed E-state index contributed by atoms with van der Waals surface area (Å²) in [6.45, 7) is 2.31. The number of amides is 1. The van der Waals surface area contributed by atoms with Crippen molar-refractivity contribution in [2.45, 2.75) is 19.4 Å². The average molecular weight is 344 g/mol. The Labute approximate surface area is 146 Å². The van der Waals surface area contributed by atoms with E-state index in [4.69, 9.17) is 9.47 Å². The maximum atomic E-state index is 13.7. The van der Waals surface area contributed by atoms with Crippen molar-refractivity contribution >= 4 is 5.91 Å². The number of hydrogen-bond donors (Lipinski definition) is 0. The number of fused-ring (bicyclic) bond motifs is 1. The van der Waals surface area contributed by atoms with E-state index in [1.165, 1.54) is 12.1 Å². The molecule has 0 bridgehead atoms. The lowest BCUT2D eigenvalue weighted by atomic mass is 10.1. The fourth-order valence-electron chi connectivity index (χ4n) is 2.71. The molecule has 1 amide bonds. The number of benzene rings is 1. The van der Waals surface area contributed by atoms with Crippen LogP contribution in [0.5, 0.6) is 5.75 Å². The van der Waals surface area contributed by atoms with Gasteiger partial charge in [0.25, 0.3) is 5.91 Å². The third-order valence-corrected chi connectivity index (χ3v) is 4.04. The number of pyridine rings is 1. The Morgan fingerprint density at radius 1 is 1.08 bits per heavy atom. The molecule has 3 rings (SSSR count). The predicted molar refractivity (Wildman–Crippen MR) is 90.9 cm³/mol. The van der Waals surface area contributed by atoms with Crippen LogP contribution in [-0.4, -0.2) is 42.2 Å². The first kappa shape index (κ1) is 17.4. The van der Waals surface area contributed by atoms with Crippen molar-refractivity contribution in [3.8, 4) is 5.75 Å². The normalized spacial score (nSPS) is 16.1. The molecule has 0 N–H and O–H groups in total. The van der Waals surface area contributed by atoms with E-state index in [-0.39, 0.29) is 18.3 Å². The molecule has 2 aromatic rings. The number of hydrogen-bond acceptors (Lipinski definition) is 4. The maximum absolute atomic E-state index is 13.7. The summed E-state index contributed by atoms with van der Waals surface area (Å²) in [7, 11) is 0. The highest BCUT2D eigenvalue weighted by molar-refractivity contribution is 5.94. The smallest absolute Gasteiger partial charge is 0.254 e. The molecule has 5 nitrogen and oxygen atoms in total. The van der Waals surface area contributed by atoms with Gasteiger partial charge in [-0.3, -0.25) is 9.78 Å². The van der Waals surface area contributed by atoms with Gasteiger partial charge >= 0.3 is 0 Å². The van der Waals surface area contributed by atoms with Crippen molar-refractivity contribution in [1.29, 1.82) is 0 Å². The van der Waals surface area contributed by atoms with Gasteiger partial charge in [0, 0.05) is 43.2 Å². The number of carbonyl (C=O) groups excluding carboxylic acids is 1. The Morgan fingerprint density at radius 2 is 1.88 bits per heavy atom. The topological polar surface area (TPSA) is 51.7 Å². The van der Waals surface area contributed by atoms with E-state index >= 15 is 0 Å². The van der Waals surface area contributed by atoms with Crippen LogP contribution in [0.15, 0.2) is 42.7 Å². The van der Waals surface area contributed by atoms with E-state index < -0.39 is 0 Å². The SMILES string of the molecule is O=C(c1ccncc1)N1CCOCCCCOc2ccc(F)cc2C1. The molecule has 0 spiro atoms. The highest BCUT2D eigenvalue weighted by Gasteiger charge is 2.19. The Bertz CT molecular complexity index is 709. The summed E-state index contributed by atoms with van der Waals surface area (Å²) in [5.74, 6) is 0.135. The van der Waals surface area contributed by atoms with Crippen molar-refractivity contribution in [3.63, 3.8) is 0 Å².